The third kappa shape index (κ3) is 8.94. The van der Waals surface area contributed by atoms with Gasteiger partial charge in [0, 0.05) is 11.3 Å². The second-order valence-corrected chi connectivity index (χ2v) is 12.1. The second kappa shape index (κ2) is 16.1. The van der Waals surface area contributed by atoms with Crippen LogP contribution in [0.2, 0.25) is 0 Å². The van der Waals surface area contributed by atoms with Gasteiger partial charge in [0.05, 0.1) is 25.5 Å². The van der Waals surface area contributed by atoms with Gasteiger partial charge in [-0.15, -0.1) is 20.4 Å². The van der Waals surface area contributed by atoms with Gasteiger partial charge in [0.25, 0.3) is 5.91 Å². The van der Waals surface area contributed by atoms with E-state index in [1.165, 1.54) is 23.1 Å². The first kappa shape index (κ1) is 31.3. The summed E-state index contributed by atoms with van der Waals surface area (Å²) in [5.74, 6) is 2.46. The molecule has 2 aromatic heterocycles. The standard InChI is InChI=1S/C28H33N7O4S3/c1-4-7-16-39-22-12-8-19(9-13-22)25(37)29-17-23-31-33-27(35(23)20-10-14-21(15-11-20)38-5-2)41-18-24(36)30-26-32-34-28(42-26)40-6-3/h8-15H,4-7,16-18H2,1-3H3,(H,29,37)(H,30,32,36). The van der Waals surface area contributed by atoms with E-state index in [1.807, 2.05) is 42.7 Å². The van der Waals surface area contributed by atoms with Crippen LogP contribution >= 0.6 is 34.9 Å². The summed E-state index contributed by atoms with van der Waals surface area (Å²) in [6.07, 6.45) is 2.03. The van der Waals surface area contributed by atoms with Crippen LogP contribution in [-0.4, -0.2) is 61.5 Å². The Balaban J connectivity index is 1.44. The molecule has 0 unspecified atom stereocenters. The van der Waals surface area contributed by atoms with E-state index < -0.39 is 0 Å². The molecule has 14 heteroatoms. The molecule has 0 aliphatic rings. The number of thioether (sulfide) groups is 2. The minimum Gasteiger partial charge on any atom is -0.494 e. The molecule has 0 saturated carbocycles. The average Bonchev–Trinajstić information content (AvgIpc) is 3.62. The Hall–Kier alpha value is -3.62. The van der Waals surface area contributed by atoms with Gasteiger partial charge >= 0.3 is 0 Å². The molecular formula is C28H33N7O4S3. The van der Waals surface area contributed by atoms with Crippen molar-refractivity contribution in [2.24, 2.45) is 0 Å². The highest BCUT2D eigenvalue weighted by Crippen LogP contribution is 2.27. The highest BCUT2D eigenvalue weighted by atomic mass is 32.2. The lowest BCUT2D eigenvalue weighted by molar-refractivity contribution is -0.113. The summed E-state index contributed by atoms with van der Waals surface area (Å²) >= 11 is 4.14. The molecular weight excluding hydrogens is 595 g/mol. The van der Waals surface area contributed by atoms with Gasteiger partial charge in [-0.2, -0.15) is 0 Å². The molecule has 0 fully saturated rings. The lowest BCUT2D eigenvalue weighted by Gasteiger charge is -2.12. The Kier molecular flexibility index (Phi) is 12.0. The first-order chi connectivity index (χ1) is 20.5. The number of anilines is 1. The smallest absolute Gasteiger partial charge is 0.251 e. The second-order valence-electron chi connectivity index (χ2n) is 8.71. The van der Waals surface area contributed by atoms with Gasteiger partial charge < -0.3 is 14.8 Å². The third-order valence-electron chi connectivity index (χ3n) is 5.65. The molecule has 0 atom stereocenters. The number of carbonyl (C=O) groups is 2. The molecule has 4 rings (SSSR count). The van der Waals surface area contributed by atoms with Gasteiger partial charge in [0.2, 0.25) is 11.0 Å². The van der Waals surface area contributed by atoms with Crippen LogP contribution in [0.15, 0.2) is 58.0 Å². The fourth-order valence-electron chi connectivity index (χ4n) is 3.65. The van der Waals surface area contributed by atoms with Crippen molar-refractivity contribution in [3.63, 3.8) is 0 Å². The van der Waals surface area contributed by atoms with Crippen molar-refractivity contribution >= 4 is 51.8 Å². The number of unbranched alkanes of at least 4 members (excludes halogenated alkanes) is 1. The monoisotopic (exact) mass is 627 g/mol. The SMILES string of the molecule is CCCCOc1ccc(C(=O)NCc2nnc(SCC(=O)Nc3nnc(SCC)s3)n2-c2ccc(OCC)cc2)cc1. The molecule has 0 radical (unpaired) electrons. The van der Waals surface area contributed by atoms with E-state index in [1.54, 1.807) is 36.0 Å². The zero-order valence-corrected chi connectivity index (χ0v) is 26.1. The van der Waals surface area contributed by atoms with E-state index >= 15 is 0 Å². The number of ether oxygens (including phenoxy) is 2. The summed E-state index contributed by atoms with van der Waals surface area (Å²) in [4.78, 5) is 25.6. The number of hydrogen-bond acceptors (Lipinski definition) is 11. The number of carbonyl (C=O) groups excluding carboxylic acids is 2. The summed E-state index contributed by atoms with van der Waals surface area (Å²) in [6.45, 7) is 7.39. The molecule has 0 saturated heterocycles. The Morgan fingerprint density at radius 3 is 2.36 bits per heavy atom. The Labute approximate surface area is 257 Å². The summed E-state index contributed by atoms with van der Waals surface area (Å²) in [5.41, 5.74) is 1.28. The maximum atomic E-state index is 12.9. The minimum absolute atomic E-state index is 0.0873. The number of nitrogens with zero attached hydrogens (tertiary/aromatic N) is 5. The lowest BCUT2D eigenvalue weighted by Crippen LogP contribution is -2.24. The maximum Gasteiger partial charge on any atom is 0.251 e. The van der Waals surface area contributed by atoms with Crippen LogP contribution in [0.25, 0.3) is 5.69 Å². The summed E-state index contributed by atoms with van der Waals surface area (Å²) < 4.78 is 13.9. The van der Waals surface area contributed by atoms with Crippen LogP contribution in [-0.2, 0) is 11.3 Å². The van der Waals surface area contributed by atoms with Crippen LogP contribution in [0.3, 0.4) is 0 Å². The molecule has 222 valence electrons. The van der Waals surface area contributed by atoms with Crippen molar-refractivity contribution in [3.05, 3.63) is 59.9 Å². The van der Waals surface area contributed by atoms with Crippen molar-refractivity contribution in [1.29, 1.82) is 0 Å². The first-order valence-electron chi connectivity index (χ1n) is 13.6. The van der Waals surface area contributed by atoms with Crippen molar-refractivity contribution < 1.29 is 19.1 Å². The third-order valence-corrected chi connectivity index (χ3v) is 8.43. The Morgan fingerprint density at radius 1 is 0.905 bits per heavy atom. The molecule has 2 heterocycles. The number of benzene rings is 2. The van der Waals surface area contributed by atoms with E-state index in [0.717, 1.165) is 40.1 Å². The van der Waals surface area contributed by atoms with Crippen LogP contribution in [0, 0.1) is 0 Å². The largest absolute Gasteiger partial charge is 0.494 e. The highest BCUT2D eigenvalue weighted by Gasteiger charge is 2.18. The molecule has 0 bridgehead atoms. The summed E-state index contributed by atoms with van der Waals surface area (Å²) in [5, 5.41) is 23.4. The molecule has 0 aliphatic carbocycles. The van der Waals surface area contributed by atoms with E-state index in [4.69, 9.17) is 9.47 Å². The van der Waals surface area contributed by atoms with Crippen LogP contribution < -0.4 is 20.1 Å². The molecule has 2 aromatic carbocycles. The quantitative estimate of drug-likeness (QED) is 0.0936. The predicted molar refractivity (Wildman–Crippen MR) is 166 cm³/mol. The highest BCUT2D eigenvalue weighted by molar-refractivity contribution is 8.01. The van der Waals surface area contributed by atoms with Crippen LogP contribution in [0.5, 0.6) is 11.5 Å². The van der Waals surface area contributed by atoms with Crippen molar-refractivity contribution in [2.45, 2.75) is 49.7 Å². The van der Waals surface area contributed by atoms with Gasteiger partial charge in [-0.1, -0.05) is 55.1 Å². The van der Waals surface area contributed by atoms with Gasteiger partial charge in [-0.3, -0.25) is 19.5 Å². The minimum atomic E-state index is -0.248. The maximum absolute atomic E-state index is 12.9. The van der Waals surface area contributed by atoms with Crippen LogP contribution in [0.1, 0.15) is 49.8 Å². The fourth-order valence-corrected chi connectivity index (χ4v) is 6.09. The van der Waals surface area contributed by atoms with Crippen molar-refractivity contribution in [2.75, 3.05) is 30.0 Å². The van der Waals surface area contributed by atoms with E-state index in [0.29, 0.717) is 34.9 Å². The lowest BCUT2D eigenvalue weighted by atomic mass is 10.2. The molecule has 0 aliphatic heterocycles. The van der Waals surface area contributed by atoms with Gasteiger partial charge in [0.1, 0.15) is 11.5 Å². The molecule has 0 spiro atoms. The fraction of sp³-hybridized carbons (Fsp3) is 0.357. The zero-order chi connectivity index (χ0) is 29.7. The summed E-state index contributed by atoms with van der Waals surface area (Å²) in [6, 6.07) is 14.5. The van der Waals surface area contributed by atoms with E-state index in [-0.39, 0.29) is 24.1 Å². The number of aromatic nitrogens is 5. The molecule has 2 amide bonds. The molecule has 4 aromatic rings. The van der Waals surface area contributed by atoms with Gasteiger partial charge in [0.15, 0.2) is 15.3 Å². The predicted octanol–water partition coefficient (Wildman–Crippen LogP) is 5.47. The number of hydrogen-bond donors (Lipinski definition) is 2. The van der Waals surface area contributed by atoms with E-state index in [2.05, 4.69) is 38.0 Å². The molecule has 11 nitrogen and oxygen atoms in total. The van der Waals surface area contributed by atoms with Gasteiger partial charge in [-0.05, 0) is 67.6 Å². The first-order valence-corrected chi connectivity index (χ1v) is 16.4. The van der Waals surface area contributed by atoms with Crippen molar-refractivity contribution in [3.8, 4) is 17.2 Å². The Morgan fingerprint density at radius 2 is 1.64 bits per heavy atom. The zero-order valence-electron chi connectivity index (χ0n) is 23.7. The van der Waals surface area contributed by atoms with Crippen LogP contribution in [0.4, 0.5) is 5.13 Å². The molecule has 2 N–H and O–H groups in total. The normalized spacial score (nSPS) is 10.8. The van der Waals surface area contributed by atoms with Crippen molar-refractivity contribution in [1.82, 2.24) is 30.3 Å². The summed E-state index contributed by atoms with van der Waals surface area (Å²) in [7, 11) is 0. The topological polar surface area (TPSA) is 133 Å². The van der Waals surface area contributed by atoms with Gasteiger partial charge in [-0.25, -0.2) is 0 Å². The number of amides is 2. The number of rotatable bonds is 16. The van der Waals surface area contributed by atoms with E-state index in [9.17, 15) is 9.59 Å². The average molecular weight is 628 g/mol. The number of nitrogens with one attached hydrogen (secondary N) is 2. The Bertz CT molecular complexity index is 1440. The molecule has 42 heavy (non-hydrogen) atoms.